The second kappa shape index (κ2) is 9.97. The van der Waals surface area contributed by atoms with E-state index in [1.165, 1.54) is 16.7 Å². The predicted molar refractivity (Wildman–Crippen MR) is 143 cm³/mol. The van der Waals surface area contributed by atoms with E-state index in [0.717, 1.165) is 39.5 Å². The second-order valence-corrected chi connectivity index (χ2v) is 9.77. The molecular formula is C32H34O3. The Morgan fingerprint density at radius 1 is 0.657 bits per heavy atom. The molecule has 3 heteroatoms. The van der Waals surface area contributed by atoms with E-state index in [1.807, 2.05) is 67.6 Å². The third kappa shape index (κ3) is 5.26. The van der Waals surface area contributed by atoms with Gasteiger partial charge in [0.2, 0.25) is 0 Å². The topological polar surface area (TPSA) is 38.7 Å². The molecule has 1 N–H and O–H groups in total. The minimum atomic E-state index is -0.658. The number of ether oxygens (including phenoxy) is 2. The first-order valence-corrected chi connectivity index (χ1v) is 12.0. The highest BCUT2D eigenvalue weighted by Crippen LogP contribution is 2.37. The van der Waals surface area contributed by atoms with Gasteiger partial charge in [-0.3, -0.25) is 0 Å². The smallest absolute Gasteiger partial charge is 0.130 e. The van der Waals surface area contributed by atoms with Crippen LogP contribution in [0.3, 0.4) is 0 Å². The Hall–Kier alpha value is -3.56. The molecule has 4 rings (SSSR count). The fourth-order valence-electron chi connectivity index (χ4n) is 4.37. The summed E-state index contributed by atoms with van der Waals surface area (Å²) in [6.45, 7) is 10.7. The van der Waals surface area contributed by atoms with Crippen LogP contribution in [0.15, 0.2) is 84.9 Å². The van der Waals surface area contributed by atoms with Gasteiger partial charge in [-0.2, -0.15) is 0 Å². The van der Waals surface area contributed by atoms with Gasteiger partial charge in [-0.1, -0.05) is 80.1 Å². The van der Waals surface area contributed by atoms with E-state index < -0.39 is 6.10 Å². The number of aliphatic hydroxyl groups is 1. The van der Waals surface area contributed by atoms with Gasteiger partial charge in [0.1, 0.15) is 23.4 Å². The molecule has 180 valence electrons. The molecule has 0 fully saturated rings. The average molecular weight is 467 g/mol. The average Bonchev–Trinajstić information content (AvgIpc) is 2.85. The zero-order valence-electron chi connectivity index (χ0n) is 21.4. The highest BCUT2D eigenvalue weighted by atomic mass is 16.5. The van der Waals surface area contributed by atoms with Crippen LogP contribution in [-0.2, 0) is 5.41 Å². The molecule has 0 amide bonds. The Labute approximate surface area is 209 Å². The molecule has 0 aromatic heterocycles. The minimum Gasteiger partial charge on any atom is -0.496 e. The SMILES string of the molecule is COc1ccc(C(C)(C)c2ccc(Oc3ccc(C(O)c4ccc(C)cc4)cc3)c(C)c2)cc1C. The second-order valence-electron chi connectivity index (χ2n) is 9.77. The van der Waals surface area contributed by atoms with E-state index in [-0.39, 0.29) is 5.41 Å². The van der Waals surface area contributed by atoms with Gasteiger partial charge in [-0.05, 0) is 78.4 Å². The lowest BCUT2D eigenvalue weighted by Crippen LogP contribution is -2.19. The van der Waals surface area contributed by atoms with Gasteiger partial charge >= 0.3 is 0 Å². The van der Waals surface area contributed by atoms with Crippen molar-refractivity contribution in [2.75, 3.05) is 7.11 Å². The summed E-state index contributed by atoms with van der Waals surface area (Å²) >= 11 is 0. The molecule has 0 heterocycles. The molecule has 4 aromatic rings. The first-order valence-electron chi connectivity index (χ1n) is 12.0. The Balaban J connectivity index is 1.51. The van der Waals surface area contributed by atoms with Crippen molar-refractivity contribution in [1.29, 1.82) is 0 Å². The Bertz CT molecular complexity index is 1300. The Morgan fingerprint density at radius 2 is 1.14 bits per heavy atom. The van der Waals surface area contributed by atoms with Crippen LogP contribution in [-0.4, -0.2) is 12.2 Å². The van der Waals surface area contributed by atoms with E-state index in [9.17, 15) is 5.11 Å². The maximum absolute atomic E-state index is 10.7. The van der Waals surface area contributed by atoms with Crippen molar-refractivity contribution < 1.29 is 14.6 Å². The van der Waals surface area contributed by atoms with E-state index in [1.54, 1.807) is 7.11 Å². The Morgan fingerprint density at radius 3 is 1.63 bits per heavy atom. The molecule has 0 bridgehead atoms. The number of aliphatic hydroxyl groups excluding tert-OH is 1. The van der Waals surface area contributed by atoms with E-state index in [4.69, 9.17) is 9.47 Å². The molecule has 3 nitrogen and oxygen atoms in total. The summed E-state index contributed by atoms with van der Waals surface area (Å²) in [5.74, 6) is 2.47. The summed E-state index contributed by atoms with van der Waals surface area (Å²) in [7, 11) is 1.70. The maximum atomic E-state index is 10.7. The minimum absolute atomic E-state index is 0.159. The number of hydrogen-bond acceptors (Lipinski definition) is 3. The van der Waals surface area contributed by atoms with Gasteiger partial charge in [-0.15, -0.1) is 0 Å². The summed E-state index contributed by atoms with van der Waals surface area (Å²) in [4.78, 5) is 0. The lowest BCUT2D eigenvalue weighted by atomic mass is 9.77. The van der Waals surface area contributed by atoms with Crippen LogP contribution in [0.1, 0.15) is 58.9 Å². The molecular weight excluding hydrogens is 432 g/mol. The largest absolute Gasteiger partial charge is 0.496 e. The molecule has 1 unspecified atom stereocenters. The normalized spacial score (nSPS) is 12.3. The van der Waals surface area contributed by atoms with Crippen LogP contribution in [0.5, 0.6) is 17.2 Å². The lowest BCUT2D eigenvalue weighted by Gasteiger charge is -2.27. The summed E-state index contributed by atoms with van der Waals surface area (Å²) in [5, 5.41) is 10.7. The molecule has 0 saturated carbocycles. The third-order valence-corrected chi connectivity index (χ3v) is 6.83. The standard InChI is InChI=1S/C32H34O3/c1-21-7-9-24(10-8-21)31(33)25-11-15-28(16-12-25)35-30-18-14-27(20-23(30)3)32(4,5)26-13-17-29(34-6)22(2)19-26/h7-20,31,33H,1-6H3. The summed E-state index contributed by atoms with van der Waals surface area (Å²) < 4.78 is 11.6. The molecule has 35 heavy (non-hydrogen) atoms. The molecule has 0 saturated heterocycles. The van der Waals surface area contributed by atoms with Crippen LogP contribution in [0, 0.1) is 20.8 Å². The van der Waals surface area contributed by atoms with Crippen LogP contribution in [0.25, 0.3) is 0 Å². The van der Waals surface area contributed by atoms with Crippen molar-refractivity contribution in [2.24, 2.45) is 0 Å². The van der Waals surface area contributed by atoms with Crippen molar-refractivity contribution in [3.63, 3.8) is 0 Å². The van der Waals surface area contributed by atoms with Crippen molar-refractivity contribution in [3.8, 4) is 17.2 Å². The van der Waals surface area contributed by atoms with E-state index >= 15 is 0 Å². The van der Waals surface area contributed by atoms with Crippen LogP contribution >= 0.6 is 0 Å². The van der Waals surface area contributed by atoms with Gasteiger partial charge in [0, 0.05) is 5.41 Å². The fraction of sp³-hybridized carbons (Fsp3) is 0.250. The van der Waals surface area contributed by atoms with Gasteiger partial charge in [0.25, 0.3) is 0 Å². The highest BCUT2D eigenvalue weighted by Gasteiger charge is 2.24. The first kappa shape index (κ1) is 24.6. The highest BCUT2D eigenvalue weighted by molar-refractivity contribution is 5.48. The van der Waals surface area contributed by atoms with Crippen LogP contribution < -0.4 is 9.47 Å². The number of benzene rings is 4. The molecule has 1 atom stereocenters. The predicted octanol–water partition coefficient (Wildman–Crippen LogP) is 7.82. The lowest BCUT2D eigenvalue weighted by molar-refractivity contribution is 0.220. The Kier molecular flexibility index (Phi) is 7.00. The molecule has 0 aliphatic rings. The van der Waals surface area contributed by atoms with Gasteiger partial charge < -0.3 is 14.6 Å². The van der Waals surface area contributed by atoms with E-state index in [2.05, 4.69) is 52.0 Å². The molecule has 0 radical (unpaired) electrons. The zero-order valence-corrected chi connectivity index (χ0v) is 21.4. The van der Waals surface area contributed by atoms with Crippen LogP contribution in [0.4, 0.5) is 0 Å². The number of aryl methyl sites for hydroxylation is 3. The maximum Gasteiger partial charge on any atom is 0.130 e. The number of rotatable bonds is 7. The molecule has 0 aliphatic heterocycles. The van der Waals surface area contributed by atoms with E-state index in [0.29, 0.717) is 0 Å². The number of methoxy groups -OCH3 is 1. The number of hydrogen-bond donors (Lipinski definition) is 1. The van der Waals surface area contributed by atoms with Gasteiger partial charge in [0.15, 0.2) is 0 Å². The van der Waals surface area contributed by atoms with Crippen molar-refractivity contribution >= 4 is 0 Å². The summed E-state index contributed by atoms with van der Waals surface area (Å²) in [6, 6.07) is 28.3. The first-order chi connectivity index (χ1) is 16.7. The summed E-state index contributed by atoms with van der Waals surface area (Å²) in [6.07, 6.45) is -0.658. The zero-order chi connectivity index (χ0) is 25.2. The van der Waals surface area contributed by atoms with Crippen molar-refractivity contribution in [2.45, 2.75) is 46.1 Å². The quantitative estimate of drug-likeness (QED) is 0.302. The molecule has 0 aliphatic carbocycles. The molecule has 4 aromatic carbocycles. The van der Waals surface area contributed by atoms with Crippen molar-refractivity contribution in [1.82, 2.24) is 0 Å². The summed E-state index contributed by atoms with van der Waals surface area (Å²) in [5.41, 5.74) is 7.41. The van der Waals surface area contributed by atoms with Gasteiger partial charge in [0.05, 0.1) is 7.11 Å². The fourth-order valence-corrected chi connectivity index (χ4v) is 4.37. The van der Waals surface area contributed by atoms with Gasteiger partial charge in [-0.25, -0.2) is 0 Å². The van der Waals surface area contributed by atoms with Crippen molar-refractivity contribution in [3.05, 3.63) is 124 Å². The third-order valence-electron chi connectivity index (χ3n) is 6.83. The molecule has 0 spiro atoms. The van der Waals surface area contributed by atoms with Crippen LogP contribution in [0.2, 0.25) is 0 Å². The monoisotopic (exact) mass is 466 g/mol.